The van der Waals surface area contributed by atoms with E-state index in [0.29, 0.717) is 22.3 Å². The summed E-state index contributed by atoms with van der Waals surface area (Å²) in [6.07, 6.45) is 0. The van der Waals surface area contributed by atoms with E-state index in [4.69, 9.17) is 23.2 Å². The molecule has 0 saturated carbocycles. The number of benzene rings is 1. The van der Waals surface area contributed by atoms with Gasteiger partial charge < -0.3 is 10.6 Å². The third kappa shape index (κ3) is 3.87. The van der Waals surface area contributed by atoms with E-state index in [0.717, 1.165) is 0 Å². The minimum atomic E-state index is -0.652. The molecule has 2 N–H and O–H groups in total. The second kappa shape index (κ2) is 5.71. The van der Waals surface area contributed by atoms with Crippen molar-refractivity contribution in [1.29, 1.82) is 0 Å². The fourth-order valence-electron chi connectivity index (χ4n) is 1.39. The minimum absolute atomic E-state index is 0.150. The van der Waals surface area contributed by atoms with E-state index >= 15 is 0 Å². The molecule has 0 spiro atoms. The molecule has 0 aliphatic rings. The fourth-order valence-corrected chi connectivity index (χ4v) is 1.73. The first kappa shape index (κ1) is 14.3. The van der Waals surface area contributed by atoms with Gasteiger partial charge in [-0.15, -0.1) is 0 Å². The Kier molecular flexibility index (Phi) is 4.80. The second-order valence-corrected chi connectivity index (χ2v) is 5.08. The molecule has 0 fully saturated rings. The van der Waals surface area contributed by atoms with Crippen molar-refractivity contribution in [2.75, 3.05) is 11.9 Å². The molecular weight excluding hydrogens is 259 g/mol. The molecule has 1 amide bonds. The molecular formula is C12H16Cl2N2O. The van der Waals surface area contributed by atoms with Gasteiger partial charge in [0.15, 0.2) is 0 Å². The molecule has 1 aromatic carbocycles. The highest BCUT2D eigenvalue weighted by Gasteiger charge is 2.26. The van der Waals surface area contributed by atoms with Gasteiger partial charge in [0.25, 0.3) is 0 Å². The lowest BCUT2D eigenvalue weighted by Gasteiger charge is -2.24. The summed E-state index contributed by atoms with van der Waals surface area (Å²) in [5.41, 5.74) is -0.129. The van der Waals surface area contributed by atoms with Gasteiger partial charge in [-0.1, -0.05) is 30.1 Å². The van der Waals surface area contributed by atoms with Gasteiger partial charge in [-0.25, -0.2) is 0 Å². The molecule has 0 bridgehead atoms. The van der Waals surface area contributed by atoms with Crippen LogP contribution in [0.25, 0.3) is 0 Å². The Morgan fingerprint density at radius 1 is 1.35 bits per heavy atom. The van der Waals surface area contributed by atoms with E-state index in [1.165, 1.54) is 0 Å². The number of hydrogen-bond acceptors (Lipinski definition) is 2. The number of nitrogens with one attached hydrogen (secondary N) is 2. The largest absolute Gasteiger partial charge is 0.323 e. The molecule has 0 radical (unpaired) electrons. The summed E-state index contributed by atoms with van der Waals surface area (Å²) in [4.78, 5) is 12.0. The Morgan fingerprint density at radius 3 is 2.59 bits per heavy atom. The van der Waals surface area contributed by atoms with Crippen molar-refractivity contribution in [2.45, 2.75) is 26.3 Å². The van der Waals surface area contributed by atoms with Crippen molar-refractivity contribution in [2.24, 2.45) is 0 Å². The molecule has 5 heteroatoms. The first-order valence-corrected chi connectivity index (χ1v) is 6.14. The molecule has 0 saturated heterocycles. The number of likely N-dealkylation sites (N-methyl/N-ethyl adjacent to an activating group) is 1. The van der Waals surface area contributed by atoms with Crippen LogP contribution in [0.2, 0.25) is 10.0 Å². The maximum Gasteiger partial charge on any atom is 0.244 e. The molecule has 17 heavy (non-hydrogen) atoms. The van der Waals surface area contributed by atoms with Gasteiger partial charge in [-0.3, -0.25) is 4.79 Å². The molecule has 0 aliphatic heterocycles. The van der Waals surface area contributed by atoms with Crippen molar-refractivity contribution >= 4 is 34.8 Å². The van der Waals surface area contributed by atoms with Crippen LogP contribution in [-0.2, 0) is 4.79 Å². The van der Waals surface area contributed by atoms with Crippen LogP contribution >= 0.6 is 23.2 Å². The first-order valence-electron chi connectivity index (χ1n) is 5.38. The Hall–Kier alpha value is -0.770. The van der Waals surface area contributed by atoms with Crippen molar-refractivity contribution < 1.29 is 4.79 Å². The smallest absolute Gasteiger partial charge is 0.244 e. The highest BCUT2D eigenvalue weighted by Crippen LogP contribution is 2.26. The third-order valence-electron chi connectivity index (χ3n) is 2.36. The molecule has 1 rings (SSSR count). The van der Waals surface area contributed by atoms with Gasteiger partial charge in [0, 0.05) is 5.02 Å². The van der Waals surface area contributed by atoms with Crippen LogP contribution in [0.4, 0.5) is 5.69 Å². The van der Waals surface area contributed by atoms with E-state index in [2.05, 4.69) is 10.6 Å². The zero-order chi connectivity index (χ0) is 13.1. The average molecular weight is 275 g/mol. The zero-order valence-corrected chi connectivity index (χ0v) is 11.6. The van der Waals surface area contributed by atoms with Crippen LogP contribution in [0.5, 0.6) is 0 Å². The van der Waals surface area contributed by atoms with Crippen molar-refractivity contribution in [3.63, 3.8) is 0 Å². The topological polar surface area (TPSA) is 41.1 Å². The predicted molar refractivity (Wildman–Crippen MR) is 72.8 cm³/mol. The third-order valence-corrected chi connectivity index (χ3v) is 2.93. The molecule has 0 heterocycles. The molecule has 1 aromatic rings. The number of rotatable bonds is 4. The Labute approximate surface area is 111 Å². The number of carbonyl (C=O) groups excluding carboxylic acids is 1. The Morgan fingerprint density at radius 2 is 2.00 bits per heavy atom. The highest BCUT2D eigenvalue weighted by atomic mass is 35.5. The van der Waals surface area contributed by atoms with Crippen LogP contribution in [0.15, 0.2) is 18.2 Å². The van der Waals surface area contributed by atoms with E-state index in [1.54, 1.807) is 18.2 Å². The van der Waals surface area contributed by atoms with Gasteiger partial charge in [0.05, 0.1) is 16.2 Å². The second-order valence-electron chi connectivity index (χ2n) is 4.23. The molecule has 0 unspecified atom stereocenters. The number of anilines is 1. The summed E-state index contributed by atoms with van der Waals surface area (Å²) in [6.45, 7) is 6.28. The number of carbonyl (C=O) groups is 1. The quantitative estimate of drug-likeness (QED) is 0.885. The predicted octanol–water partition coefficient (Wildman–Crippen LogP) is 3.32. The highest BCUT2D eigenvalue weighted by molar-refractivity contribution is 6.35. The molecule has 0 aromatic heterocycles. The van der Waals surface area contributed by atoms with E-state index in [9.17, 15) is 4.79 Å². The number of amides is 1. The summed E-state index contributed by atoms with van der Waals surface area (Å²) in [7, 11) is 0. The Bertz CT molecular complexity index is 419. The monoisotopic (exact) mass is 274 g/mol. The lowest BCUT2D eigenvalue weighted by molar-refractivity contribution is -0.121. The maximum atomic E-state index is 12.0. The van der Waals surface area contributed by atoms with Crippen LogP contribution in [0.3, 0.4) is 0 Å². The molecule has 0 aliphatic carbocycles. The van der Waals surface area contributed by atoms with Crippen molar-refractivity contribution in [3.8, 4) is 0 Å². The van der Waals surface area contributed by atoms with Gasteiger partial charge in [0.2, 0.25) is 5.91 Å². The number of hydrogen-bond donors (Lipinski definition) is 2. The fraction of sp³-hybridized carbons (Fsp3) is 0.417. The molecule has 94 valence electrons. The van der Waals surface area contributed by atoms with Gasteiger partial charge in [0.1, 0.15) is 0 Å². The van der Waals surface area contributed by atoms with Crippen LogP contribution in [-0.4, -0.2) is 18.0 Å². The standard InChI is InChI=1S/C12H16Cl2N2O/c1-4-15-12(2,3)11(17)16-10-7-8(13)5-6-9(10)14/h5-7,15H,4H2,1-3H3,(H,16,17). The summed E-state index contributed by atoms with van der Waals surface area (Å²) in [5, 5.41) is 6.85. The normalized spacial score (nSPS) is 11.4. The van der Waals surface area contributed by atoms with Gasteiger partial charge >= 0.3 is 0 Å². The van der Waals surface area contributed by atoms with Gasteiger partial charge in [-0.2, -0.15) is 0 Å². The Balaban J connectivity index is 2.84. The van der Waals surface area contributed by atoms with Gasteiger partial charge in [-0.05, 0) is 38.6 Å². The van der Waals surface area contributed by atoms with E-state index in [1.807, 2.05) is 20.8 Å². The van der Waals surface area contributed by atoms with E-state index in [-0.39, 0.29) is 5.91 Å². The maximum absolute atomic E-state index is 12.0. The SMILES string of the molecule is CCNC(C)(C)C(=O)Nc1cc(Cl)ccc1Cl. The average Bonchev–Trinajstić information content (AvgIpc) is 2.23. The zero-order valence-electron chi connectivity index (χ0n) is 10.1. The summed E-state index contributed by atoms with van der Waals surface area (Å²) in [5.74, 6) is -0.150. The molecule has 0 atom stereocenters. The summed E-state index contributed by atoms with van der Waals surface area (Å²) in [6, 6.07) is 4.96. The number of halogens is 2. The van der Waals surface area contributed by atoms with Crippen molar-refractivity contribution in [3.05, 3.63) is 28.2 Å². The summed E-state index contributed by atoms with van der Waals surface area (Å²) >= 11 is 11.8. The van der Waals surface area contributed by atoms with E-state index < -0.39 is 5.54 Å². The van der Waals surface area contributed by atoms with Crippen LogP contribution in [0, 0.1) is 0 Å². The van der Waals surface area contributed by atoms with Crippen LogP contribution < -0.4 is 10.6 Å². The lowest BCUT2D eigenvalue weighted by atomic mass is 10.0. The van der Waals surface area contributed by atoms with Crippen LogP contribution in [0.1, 0.15) is 20.8 Å². The minimum Gasteiger partial charge on any atom is -0.323 e. The van der Waals surface area contributed by atoms with Crippen molar-refractivity contribution in [1.82, 2.24) is 5.32 Å². The molecule has 3 nitrogen and oxygen atoms in total. The lowest BCUT2D eigenvalue weighted by Crippen LogP contribution is -2.49. The first-order chi connectivity index (χ1) is 7.86. The summed E-state index contributed by atoms with van der Waals surface area (Å²) < 4.78 is 0.